The van der Waals surface area contributed by atoms with E-state index in [4.69, 9.17) is 0 Å². The van der Waals surface area contributed by atoms with E-state index in [0.29, 0.717) is 11.8 Å². The number of carbonyl (C=O) groups is 1. The zero-order chi connectivity index (χ0) is 16.9. The molecule has 24 heavy (non-hydrogen) atoms. The monoisotopic (exact) mass is 321 g/mol. The number of carbonyl (C=O) groups excluding carboxylic acids is 1. The van der Waals surface area contributed by atoms with Gasteiger partial charge < -0.3 is 5.32 Å². The van der Waals surface area contributed by atoms with Crippen LogP contribution in [0.3, 0.4) is 0 Å². The van der Waals surface area contributed by atoms with Crippen LogP contribution in [0.1, 0.15) is 50.2 Å². The van der Waals surface area contributed by atoms with Crippen LogP contribution in [-0.4, -0.2) is 11.9 Å². The molecule has 2 aromatic carbocycles. The molecule has 0 radical (unpaired) electrons. The smallest absolute Gasteiger partial charge is 0.232 e. The standard InChI is InChI=1S/C22H27NO/c1-16-10-9-11-17(2)21(16)23-22(24)20(18-12-5-3-6-13-18)19-14-7-4-8-15-19/h3-8,12-17,20-21H,9-11H2,1-2H3,(H,23,24). The van der Waals surface area contributed by atoms with E-state index in [1.165, 1.54) is 19.3 Å². The van der Waals surface area contributed by atoms with Crippen molar-refractivity contribution in [3.8, 4) is 0 Å². The molecule has 1 aliphatic rings. The third-order valence-corrected chi connectivity index (χ3v) is 5.38. The maximum absolute atomic E-state index is 13.2. The van der Waals surface area contributed by atoms with E-state index in [2.05, 4.69) is 19.2 Å². The highest BCUT2D eigenvalue weighted by molar-refractivity contribution is 5.87. The SMILES string of the molecule is CC1CCCC(C)C1NC(=O)C(c1ccccc1)c1ccccc1. The third-order valence-electron chi connectivity index (χ3n) is 5.38. The Hall–Kier alpha value is -2.09. The van der Waals surface area contributed by atoms with Crippen molar-refractivity contribution >= 4 is 5.91 Å². The molecule has 2 unspecified atom stereocenters. The number of benzene rings is 2. The van der Waals surface area contributed by atoms with E-state index in [1.807, 2.05) is 60.7 Å². The van der Waals surface area contributed by atoms with Crippen LogP contribution < -0.4 is 5.32 Å². The van der Waals surface area contributed by atoms with Gasteiger partial charge >= 0.3 is 0 Å². The predicted molar refractivity (Wildman–Crippen MR) is 98.8 cm³/mol. The normalized spacial score (nSPS) is 23.9. The molecule has 126 valence electrons. The first kappa shape index (κ1) is 16.8. The van der Waals surface area contributed by atoms with Gasteiger partial charge in [0.2, 0.25) is 5.91 Å². The van der Waals surface area contributed by atoms with Gasteiger partial charge in [-0.3, -0.25) is 4.79 Å². The summed E-state index contributed by atoms with van der Waals surface area (Å²) in [5, 5.41) is 3.38. The van der Waals surface area contributed by atoms with E-state index in [-0.39, 0.29) is 17.9 Å². The topological polar surface area (TPSA) is 29.1 Å². The van der Waals surface area contributed by atoms with Crippen LogP contribution in [0.25, 0.3) is 0 Å². The molecule has 0 heterocycles. The lowest BCUT2D eigenvalue weighted by Gasteiger charge is -2.36. The molecule has 1 amide bonds. The summed E-state index contributed by atoms with van der Waals surface area (Å²) in [6.07, 6.45) is 3.68. The molecule has 2 heteroatoms. The Morgan fingerprint density at radius 1 is 0.875 bits per heavy atom. The van der Waals surface area contributed by atoms with E-state index in [0.717, 1.165) is 11.1 Å². The van der Waals surface area contributed by atoms with Gasteiger partial charge in [0.05, 0.1) is 5.92 Å². The van der Waals surface area contributed by atoms with Crippen molar-refractivity contribution in [3.05, 3.63) is 71.8 Å². The molecule has 1 N–H and O–H groups in total. The van der Waals surface area contributed by atoms with Crippen LogP contribution in [0.2, 0.25) is 0 Å². The first-order valence-corrected chi connectivity index (χ1v) is 9.07. The molecule has 1 aliphatic carbocycles. The van der Waals surface area contributed by atoms with E-state index in [9.17, 15) is 4.79 Å². The molecular weight excluding hydrogens is 294 g/mol. The molecule has 0 saturated heterocycles. The first-order valence-electron chi connectivity index (χ1n) is 9.07. The molecule has 0 spiro atoms. The minimum absolute atomic E-state index is 0.123. The average Bonchev–Trinajstić information content (AvgIpc) is 2.60. The maximum atomic E-state index is 13.2. The zero-order valence-corrected chi connectivity index (χ0v) is 14.6. The summed E-state index contributed by atoms with van der Waals surface area (Å²) in [6.45, 7) is 4.53. The quantitative estimate of drug-likeness (QED) is 0.864. The molecule has 3 rings (SSSR count). The fraction of sp³-hybridized carbons (Fsp3) is 0.409. The number of amides is 1. The van der Waals surface area contributed by atoms with Gasteiger partial charge in [0.25, 0.3) is 0 Å². The lowest BCUT2D eigenvalue weighted by molar-refractivity contribution is -0.123. The van der Waals surface area contributed by atoms with Crippen molar-refractivity contribution < 1.29 is 4.79 Å². The average molecular weight is 321 g/mol. The van der Waals surface area contributed by atoms with Gasteiger partial charge in [-0.05, 0) is 35.8 Å². The molecular formula is C22H27NO. The molecule has 0 aromatic heterocycles. The Morgan fingerprint density at radius 2 is 1.33 bits per heavy atom. The summed E-state index contributed by atoms with van der Waals surface area (Å²) in [5.74, 6) is 0.974. The van der Waals surface area contributed by atoms with Crippen LogP contribution >= 0.6 is 0 Å². The second-order valence-electron chi connectivity index (χ2n) is 7.17. The third kappa shape index (κ3) is 3.69. The molecule has 2 nitrogen and oxygen atoms in total. The molecule has 2 aromatic rings. The summed E-state index contributed by atoms with van der Waals surface area (Å²) in [6, 6.07) is 20.5. The first-order chi connectivity index (χ1) is 11.7. The van der Waals surface area contributed by atoms with Crippen LogP contribution in [0.4, 0.5) is 0 Å². The van der Waals surface area contributed by atoms with Crippen molar-refractivity contribution in [2.24, 2.45) is 11.8 Å². The Labute approximate surface area is 145 Å². The van der Waals surface area contributed by atoms with Gasteiger partial charge in [-0.2, -0.15) is 0 Å². The summed E-state index contributed by atoms with van der Waals surface area (Å²) in [4.78, 5) is 13.2. The molecule has 1 saturated carbocycles. The van der Waals surface area contributed by atoms with Crippen LogP contribution in [0.15, 0.2) is 60.7 Å². The van der Waals surface area contributed by atoms with E-state index in [1.54, 1.807) is 0 Å². The van der Waals surface area contributed by atoms with E-state index >= 15 is 0 Å². The van der Waals surface area contributed by atoms with Gasteiger partial charge in [-0.15, -0.1) is 0 Å². The minimum atomic E-state index is -0.242. The summed E-state index contributed by atoms with van der Waals surface area (Å²) in [7, 11) is 0. The number of rotatable bonds is 4. The zero-order valence-electron chi connectivity index (χ0n) is 14.6. The Morgan fingerprint density at radius 3 is 1.79 bits per heavy atom. The second kappa shape index (κ2) is 7.65. The second-order valence-corrected chi connectivity index (χ2v) is 7.17. The lowest BCUT2D eigenvalue weighted by atomic mass is 9.78. The Kier molecular flexibility index (Phi) is 5.34. The van der Waals surface area contributed by atoms with Crippen LogP contribution in [0, 0.1) is 11.8 Å². The van der Waals surface area contributed by atoms with Gasteiger partial charge in [0.1, 0.15) is 0 Å². The van der Waals surface area contributed by atoms with Gasteiger partial charge in [0.15, 0.2) is 0 Å². The molecule has 0 aliphatic heterocycles. The Balaban J connectivity index is 1.87. The van der Waals surface area contributed by atoms with Gasteiger partial charge in [-0.25, -0.2) is 0 Å². The largest absolute Gasteiger partial charge is 0.352 e. The highest BCUT2D eigenvalue weighted by atomic mass is 16.2. The van der Waals surface area contributed by atoms with Crippen molar-refractivity contribution in [2.45, 2.75) is 45.1 Å². The number of nitrogens with one attached hydrogen (secondary N) is 1. The predicted octanol–water partition coefficient (Wildman–Crippen LogP) is 4.76. The van der Waals surface area contributed by atoms with Crippen molar-refractivity contribution in [2.75, 3.05) is 0 Å². The molecule has 2 atom stereocenters. The van der Waals surface area contributed by atoms with Crippen molar-refractivity contribution in [3.63, 3.8) is 0 Å². The van der Waals surface area contributed by atoms with Gasteiger partial charge in [-0.1, -0.05) is 80.9 Å². The van der Waals surface area contributed by atoms with Gasteiger partial charge in [0, 0.05) is 6.04 Å². The molecule has 1 fully saturated rings. The summed E-state index contributed by atoms with van der Waals surface area (Å²) in [5.41, 5.74) is 2.11. The van der Waals surface area contributed by atoms with Crippen LogP contribution in [-0.2, 0) is 4.79 Å². The fourth-order valence-corrected chi connectivity index (χ4v) is 4.00. The maximum Gasteiger partial charge on any atom is 0.232 e. The van der Waals surface area contributed by atoms with Crippen LogP contribution in [0.5, 0.6) is 0 Å². The van der Waals surface area contributed by atoms with Crippen molar-refractivity contribution in [1.82, 2.24) is 5.32 Å². The van der Waals surface area contributed by atoms with Crippen molar-refractivity contribution in [1.29, 1.82) is 0 Å². The number of hydrogen-bond donors (Lipinski definition) is 1. The summed E-state index contributed by atoms with van der Waals surface area (Å²) < 4.78 is 0. The van der Waals surface area contributed by atoms with E-state index < -0.39 is 0 Å². The summed E-state index contributed by atoms with van der Waals surface area (Å²) >= 11 is 0. The molecule has 0 bridgehead atoms. The highest BCUT2D eigenvalue weighted by Crippen LogP contribution is 2.31. The number of hydrogen-bond acceptors (Lipinski definition) is 1. The lowest BCUT2D eigenvalue weighted by Crippen LogP contribution is -2.47. The fourth-order valence-electron chi connectivity index (χ4n) is 4.00. The Bertz CT molecular complexity index is 603. The highest BCUT2D eigenvalue weighted by Gasteiger charge is 2.32. The minimum Gasteiger partial charge on any atom is -0.352 e.